The lowest BCUT2D eigenvalue weighted by atomic mass is 10.3. The molecule has 0 radical (unpaired) electrons. The molecule has 0 atom stereocenters. The van der Waals surface area contributed by atoms with Crippen LogP contribution in [0.1, 0.15) is 0 Å². The van der Waals surface area contributed by atoms with Gasteiger partial charge in [0.2, 0.25) is 5.16 Å². The van der Waals surface area contributed by atoms with Crippen LogP contribution in [0.5, 0.6) is 0 Å². The predicted molar refractivity (Wildman–Crippen MR) is 77.9 cm³/mol. The van der Waals surface area contributed by atoms with Gasteiger partial charge in [0, 0.05) is 8.04 Å². The second kappa shape index (κ2) is 5.97. The lowest BCUT2D eigenvalue weighted by Gasteiger charge is -2.06. The molecule has 2 aromatic rings. The summed E-state index contributed by atoms with van der Waals surface area (Å²) in [4.78, 5) is 10.5. The Balaban J connectivity index is 2.33. The number of aromatic nitrogens is 4. The van der Waals surface area contributed by atoms with Gasteiger partial charge in [-0.15, -0.1) is 5.10 Å². The van der Waals surface area contributed by atoms with Gasteiger partial charge in [-0.1, -0.05) is 11.8 Å². The number of rotatable bonds is 4. The highest BCUT2D eigenvalue weighted by Crippen LogP contribution is 2.26. The molecule has 0 aliphatic rings. The number of carbonyl (C=O) groups is 1. The van der Waals surface area contributed by atoms with Gasteiger partial charge in [-0.3, -0.25) is 4.79 Å². The molecule has 0 saturated heterocycles. The first-order chi connectivity index (χ1) is 8.58. The van der Waals surface area contributed by atoms with E-state index in [1.165, 1.54) is 4.68 Å². The van der Waals surface area contributed by atoms with Gasteiger partial charge in [-0.05, 0) is 67.1 Å². The summed E-state index contributed by atoms with van der Waals surface area (Å²) >= 11 is 6.71. The lowest BCUT2D eigenvalue weighted by Crippen LogP contribution is -2.03. The molecule has 0 bridgehead atoms. The van der Waals surface area contributed by atoms with Crippen molar-refractivity contribution < 1.29 is 9.90 Å². The van der Waals surface area contributed by atoms with Gasteiger partial charge >= 0.3 is 5.97 Å². The SMILES string of the molecule is O=C(O)CSc1nnnn1-c1ccc(I)cc1Br. The minimum atomic E-state index is -0.906. The molecule has 0 saturated carbocycles. The highest BCUT2D eigenvalue weighted by molar-refractivity contribution is 14.1. The van der Waals surface area contributed by atoms with Crippen molar-refractivity contribution in [1.29, 1.82) is 0 Å². The molecule has 0 fully saturated rings. The molecule has 1 aromatic heterocycles. The molecular formula is C9H6BrIN4O2S. The lowest BCUT2D eigenvalue weighted by molar-refractivity contribution is -0.133. The molecule has 1 N–H and O–H groups in total. The summed E-state index contributed by atoms with van der Waals surface area (Å²) in [6.45, 7) is 0. The highest BCUT2D eigenvalue weighted by atomic mass is 127. The van der Waals surface area contributed by atoms with Crippen LogP contribution in [0.2, 0.25) is 0 Å². The number of aliphatic carboxylic acids is 1. The van der Waals surface area contributed by atoms with Crippen LogP contribution in [0.4, 0.5) is 0 Å². The molecule has 2 rings (SSSR count). The van der Waals surface area contributed by atoms with Crippen molar-refractivity contribution in [3.05, 3.63) is 26.2 Å². The zero-order valence-electron chi connectivity index (χ0n) is 8.75. The van der Waals surface area contributed by atoms with Crippen LogP contribution in [-0.2, 0) is 4.79 Å². The number of tetrazole rings is 1. The number of nitrogens with zero attached hydrogens (tertiary/aromatic N) is 4. The van der Waals surface area contributed by atoms with E-state index in [1.807, 2.05) is 18.2 Å². The molecule has 0 amide bonds. The largest absolute Gasteiger partial charge is 0.481 e. The number of benzene rings is 1. The second-order valence-corrected chi connectivity index (χ2v) is 6.19. The van der Waals surface area contributed by atoms with Gasteiger partial charge in [0.25, 0.3) is 0 Å². The standard InChI is InChI=1S/C9H6BrIN4O2S/c10-6-3-5(11)1-2-7(6)15-9(12-13-14-15)18-4-8(16)17/h1-3H,4H2,(H,16,17). The minimum Gasteiger partial charge on any atom is -0.481 e. The van der Waals surface area contributed by atoms with Gasteiger partial charge in [0.05, 0.1) is 11.4 Å². The van der Waals surface area contributed by atoms with Crippen LogP contribution in [0, 0.1) is 3.57 Å². The normalized spacial score (nSPS) is 10.6. The molecule has 1 aromatic carbocycles. The van der Waals surface area contributed by atoms with E-state index in [0.29, 0.717) is 5.16 Å². The third-order valence-electron chi connectivity index (χ3n) is 1.90. The summed E-state index contributed by atoms with van der Waals surface area (Å²) in [5.74, 6) is -0.987. The van der Waals surface area contributed by atoms with Crippen LogP contribution in [0.3, 0.4) is 0 Å². The molecule has 0 spiro atoms. The minimum absolute atomic E-state index is 0.0810. The molecule has 0 unspecified atom stereocenters. The fourth-order valence-corrected chi connectivity index (χ4v) is 3.27. The summed E-state index contributed by atoms with van der Waals surface area (Å²) in [5.41, 5.74) is 0.772. The van der Waals surface area contributed by atoms with Gasteiger partial charge in [-0.25, -0.2) is 0 Å². The maximum Gasteiger partial charge on any atom is 0.313 e. The third-order valence-corrected chi connectivity index (χ3v) is 4.11. The van der Waals surface area contributed by atoms with Crippen molar-refractivity contribution in [2.75, 3.05) is 5.75 Å². The van der Waals surface area contributed by atoms with Crippen LogP contribution in [-0.4, -0.2) is 37.0 Å². The molecular weight excluding hydrogens is 435 g/mol. The van der Waals surface area contributed by atoms with Gasteiger partial charge in [0.1, 0.15) is 0 Å². The highest BCUT2D eigenvalue weighted by Gasteiger charge is 2.13. The fourth-order valence-electron chi connectivity index (χ4n) is 1.20. The van der Waals surface area contributed by atoms with E-state index >= 15 is 0 Å². The molecule has 9 heteroatoms. The monoisotopic (exact) mass is 440 g/mol. The first-order valence-electron chi connectivity index (χ1n) is 4.66. The van der Waals surface area contributed by atoms with Crippen molar-refractivity contribution >= 4 is 56.3 Å². The number of thioether (sulfide) groups is 1. The third kappa shape index (κ3) is 3.20. The average molecular weight is 441 g/mol. The zero-order valence-corrected chi connectivity index (χ0v) is 13.3. The van der Waals surface area contributed by atoms with Gasteiger partial charge in [0.15, 0.2) is 0 Å². The predicted octanol–water partition coefficient (Wildman–Crippen LogP) is 2.21. The Morgan fingerprint density at radius 1 is 1.56 bits per heavy atom. The Hall–Kier alpha value is -0.680. The maximum atomic E-state index is 10.5. The van der Waals surface area contributed by atoms with Crippen molar-refractivity contribution in [3.8, 4) is 5.69 Å². The van der Waals surface area contributed by atoms with Gasteiger partial charge in [-0.2, -0.15) is 4.68 Å². The smallest absolute Gasteiger partial charge is 0.313 e. The van der Waals surface area contributed by atoms with Crippen LogP contribution < -0.4 is 0 Å². The summed E-state index contributed by atoms with van der Waals surface area (Å²) in [6, 6.07) is 5.73. The Morgan fingerprint density at radius 2 is 2.33 bits per heavy atom. The maximum absolute atomic E-state index is 10.5. The van der Waals surface area contributed by atoms with Crippen molar-refractivity contribution in [1.82, 2.24) is 20.2 Å². The van der Waals surface area contributed by atoms with E-state index in [4.69, 9.17) is 5.11 Å². The summed E-state index contributed by atoms with van der Waals surface area (Å²) in [5, 5.41) is 20.3. The first-order valence-corrected chi connectivity index (χ1v) is 7.52. The van der Waals surface area contributed by atoms with Crippen LogP contribution in [0.15, 0.2) is 27.8 Å². The molecule has 0 aliphatic carbocycles. The number of carboxylic acid groups (broad SMARTS) is 1. The number of carboxylic acids is 1. The van der Waals surface area contributed by atoms with E-state index in [0.717, 1.165) is 25.5 Å². The van der Waals surface area contributed by atoms with E-state index in [9.17, 15) is 4.79 Å². The van der Waals surface area contributed by atoms with E-state index < -0.39 is 5.97 Å². The Morgan fingerprint density at radius 3 is 3.00 bits per heavy atom. The molecule has 94 valence electrons. The van der Waals surface area contributed by atoms with Crippen molar-refractivity contribution in [2.24, 2.45) is 0 Å². The quantitative estimate of drug-likeness (QED) is 0.579. The topological polar surface area (TPSA) is 80.9 Å². The molecule has 6 nitrogen and oxygen atoms in total. The average Bonchev–Trinajstić information content (AvgIpc) is 2.74. The van der Waals surface area contributed by atoms with Crippen molar-refractivity contribution in [3.63, 3.8) is 0 Å². The Bertz CT molecular complexity index is 592. The van der Waals surface area contributed by atoms with E-state index in [1.54, 1.807) is 0 Å². The van der Waals surface area contributed by atoms with Crippen molar-refractivity contribution in [2.45, 2.75) is 5.16 Å². The summed E-state index contributed by atoms with van der Waals surface area (Å²) in [6.07, 6.45) is 0. The Labute approximate surface area is 128 Å². The number of hydrogen-bond acceptors (Lipinski definition) is 5. The van der Waals surface area contributed by atoms with Crippen LogP contribution >= 0.6 is 50.3 Å². The molecule has 1 heterocycles. The molecule has 18 heavy (non-hydrogen) atoms. The number of halogens is 2. The second-order valence-electron chi connectivity index (χ2n) is 3.15. The van der Waals surface area contributed by atoms with E-state index in [2.05, 4.69) is 54.0 Å². The summed E-state index contributed by atoms with van der Waals surface area (Å²) in [7, 11) is 0. The fraction of sp³-hybridized carbons (Fsp3) is 0.111. The Kier molecular flexibility index (Phi) is 4.56. The van der Waals surface area contributed by atoms with Gasteiger partial charge < -0.3 is 5.11 Å². The summed E-state index contributed by atoms with van der Waals surface area (Å²) < 4.78 is 3.43. The zero-order chi connectivity index (χ0) is 13.1. The first kappa shape index (κ1) is 13.7. The van der Waals surface area contributed by atoms with E-state index in [-0.39, 0.29) is 5.75 Å². The van der Waals surface area contributed by atoms with Crippen LogP contribution in [0.25, 0.3) is 5.69 Å². The number of hydrogen-bond donors (Lipinski definition) is 1. The molecule has 0 aliphatic heterocycles.